The van der Waals surface area contributed by atoms with Gasteiger partial charge in [-0.2, -0.15) is 0 Å². The fraction of sp³-hybridized carbons (Fsp3) is 0.500. The molecule has 1 aromatic carbocycles. The largest absolute Gasteiger partial charge is 0.342 e. The molecule has 0 aliphatic heterocycles. The third-order valence-electron chi connectivity index (χ3n) is 4.32. The van der Waals surface area contributed by atoms with Gasteiger partial charge in [-0.3, -0.25) is 4.79 Å². The maximum absolute atomic E-state index is 11.9. The van der Waals surface area contributed by atoms with Crippen LogP contribution in [0.3, 0.4) is 0 Å². The number of H-pyrrole nitrogens is 1. The summed E-state index contributed by atoms with van der Waals surface area (Å²) in [4.78, 5) is 19.9. The molecular weight excluding hydrogens is 250 g/mol. The minimum absolute atomic E-state index is 0.0398. The average molecular weight is 271 g/mol. The van der Waals surface area contributed by atoms with Gasteiger partial charge < -0.3 is 10.3 Å². The van der Waals surface area contributed by atoms with Crippen LogP contribution >= 0.6 is 0 Å². The number of hydrogen-bond acceptors (Lipinski definition) is 2. The van der Waals surface area contributed by atoms with Crippen LogP contribution in [0.2, 0.25) is 0 Å². The number of carbonyl (C=O) groups is 1. The van der Waals surface area contributed by atoms with Gasteiger partial charge >= 0.3 is 0 Å². The first-order chi connectivity index (χ1) is 9.67. The first-order valence-electron chi connectivity index (χ1n) is 7.48. The van der Waals surface area contributed by atoms with Crippen molar-refractivity contribution in [1.29, 1.82) is 0 Å². The molecule has 1 unspecified atom stereocenters. The Morgan fingerprint density at radius 2 is 2.30 bits per heavy atom. The van der Waals surface area contributed by atoms with E-state index < -0.39 is 0 Å². The van der Waals surface area contributed by atoms with Crippen molar-refractivity contribution in [1.82, 2.24) is 9.97 Å². The summed E-state index contributed by atoms with van der Waals surface area (Å²) in [7, 11) is 0. The van der Waals surface area contributed by atoms with Crippen molar-refractivity contribution < 1.29 is 4.79 Å². The number of nitrogens with one attached hydrogen (secondary N) is 2. The molecule has 1 fully saturated rings. The van der Waals surface area contributed by atoms with E-state index in [1.54, 1.807) is 0 Å². The predicted molar refractivity (Wildman–Crippen MR) is 80.8 cm³/mol. The topological polar surface area (TPSA) is 57.8 Å². The summed E-state index contributed by atoms with van der Waals surface area (Å²) in [5.41, 5.74) is 2.83. The molecule has 1 aliphatic rings. The molecule has 1 atom stereocenters. The highest BCUT2D eigenvalue weighted by Gasteiger charge is 2.22. The second kappa shape index (κ2) is 5.27. The first kappa shape index (κ1) is 13.2. The maximum Gasteiger partial charge on any atom is 0.227 e. The first-order valence-corrected chi connectivity index (χ1v) is 7.48. The van der Waals surface area contributed by atoms with Crippen LogP contribution in [0.1, 0.15) is 51.3 Å². The van der Waals surface area contributed by atoms with Crippen LogP contribution in [-0.4, -0.2) is 15.9 Å². The molecule has 106 valence electrons. The molecule has 0 saturated heterocycles. The van der Waals surface area contributed by atoms with Crippen molar-refractivity contribution in [2.75, 3.05) is 5.32 Å². The number of aromatic nitrogens is 2. The number of anilines is 1. The van der Waals surface area contributed by atoms with Crippen molar-refractivity contribution in [3.05, 3.63) is 24.0 Å². The zero-order valence-electron chi connectivity index (χ0n) is 12.1. The molecule has 0 radical (unpaired) electrons. The molecule has 1 heterocycles. The number of imidazole rings is 1. The summed E-state index contributed by atoms with van der Waals surface area (Å²) in [5, 5.41) is 2.96. The Bertz CT molecular complexity index is 628. The van der Waals surface area contributed by atoms with Crippen molar-refractivity contribution in [3.8, 4) is 0 Å². The van der Waals surface area contributed by atoms with E-state index in [2.05, 4.69) is 15.3 Å². The Morgan fingerprint density at radius 1 is 1.50 bits per heavy atom. The van der Waals surface area contributed by atoms with E-state index in [4.69, 9.17) is 0 Å². The Hall–Kier alpha value is -1.84. The third-order valence-corrected chi connectivity index (χ3v) is 4.32. The number of amides is 1. The Morgan fingerprint density at radius 3 is 2.95 bits per heavy atom. The summed E-state index contributed by atoms with van der Waals surface area (Å²) < 4.78 is 0. The van der Waals surface area contributed by atoms with Crippen LogP contribution in [-0.2, 0) is 4.79 Å². The van der Waals surface area contributed by atoms with Gasteiger partial charge in [0.25, 0.3) is 0 Å². The molecule has 0 bridgehead atoms. The van der Waals surface area contributed by atoms with E-state index in [1.165, 1.54) is 19.3 Å². The lowest BCUT2D eigenvalue weighted by Gasteiger charge is -2.22. The summed E-state index contributed by atoms with van der Waals surface area (Å²) in [5.74, 6) is 1.81. The fourth-order valence-electron chi connectivity index (χ4n) is 2.43. The zero-order chi connectivity index (χ0) is 14.1. The van der Waals surface area contributed by atoms with E-state index in [9.17, 15) is 4.79 Å². The SMILES string of the molecule is CCC(C)C(=O)Nc1ccc2nc(C3CCC3)[nH]c2c1. The van der Waals surface area contributed by atoms with Crippen LogP contribution in [0.5, 0.6) is 0 Å². The van der Waals surface area contributed by atoms with Crippen LogP contribution < -0.4 is 5.32 Å². The Balaban J connectivity index is 1.81. The van der Waals surface area contributed by atoms with Gasteiger partial charge in [0.15, 0.2) is 0 Å². The van der Waals surface area contributed by atoms with Gasteiger partial charge in [0.1, 0.15) is 5.82 Å². The molecule has 1 aliphatic carbocycles. The molecule has 3 rings (SSSR count). The molecular formula is C16H21N3O. The molecule has 4 heteroatoms. The molecule has 1 aromatic heterocycles. The van der Waals surface area contributed by atoms with Crippen LogP contribution in [0.4, 0.5) is 5.69 Å². The van der Waals surface area contributed by atoms with Crippen LogP contribution in [0.25, 0.3) is 11.0 Å². The summed E-state index contributed by atoms with van der Waals surface area (Å²) in [6.07, 6.45) is 4.62. The van der Waals surface area contributed by atoms with Gasteiger partial charge in [-0.15, -0.1) is 0 Å². The van der Waals surface area contributed by atoms with Crippen molar-refractivity contribution >= 4 is 22.6 Å². The molecule has 2 aromatic rings. The second-order valence-corrected chi connectivity index (χ2v) is 5.78. The van der Waals surface area contributed by atoms with Gasteiger partial charge in [0.2, 0.25) is 5.91 Å². The number of nitrogens with zero attached hydrogens (tertiary/aromatic N) is 1. The fourth-order valence-corrected chi connectivity index (χ4v) is 2.43. The van der Waals surface area contributed by atoms with Gasteiger partial charge in [-0.25, -0.2) is 4.98 Å². The lowest BCUT2D eigenvalue weighted by atomic mass is 9.85. The van der Waals surface area contributed by atoms with Gasteiger partial charge in [0, 0.05) is 17.5 Å². The summed E-state index contributed by atoms with van der Waals surface area (Å²) in [6, 6.07) is 5.87. The highest BCUT2D eigenvalue weighted by atomic mass is 16.1. The molecule has 20 heavy (non-hydrogen) atoms. The highest BCUT2D eigenvalue weighted by Crippen LogP contribution is 2.35. The number of aromatic amines is 1. The molecule has 1 amide bonds. The quantitative estimate of drug-likeness (QED) is 0.888. The van der Waals surface area contributed by atoms with Gasteiger partial charge in [0.05, 0.1) is 11.0 Å². The third kappa shape index (κ3) is 2.42. The number of fused-ring (bicyclic) bond motifs is 1. The van der Waals surface area contributed by atoms with Crippen LogP contribution in [0, 0.1) is 5.92 Å². The Labute approximate surface area is 119 Å². The average Bonchev–Trinajstić information content (AvgIpc) is 2.77. The minimum atomic E-state index is 0.0398. The second-order valence-electron chi connectivity index (χ2n) is 5.78. The Kier molecular flexibility index (Phi) is 3.47. The van der Waals surface area contributed by atoms with Crippen LogP contribution in [0.15, 0.2) is 18.2 Å². The van der Waals surface area contributed by atoms with E-state index in [-0.39, 0.29) is 11.8 Å². The molecule has 4 nitrogen and oxygen atoms in total. The summed E-state index contributed by atoms with van der Waals surface area (Å²) >= 11 is 0. The minimum Gasteiger partial charge on any atom is -0.342 e. The van der Waals surface area contributed by atoms with Gasteiger partial charge in [-0.1, -0.05) is 20.3 Å². The maximum atomic E-state index is 11.9. The zero-order valence-corrected chi connectivity index (χ0v) is 12.1. The standard InChI is InChI=1S/C16H21N3O/c1-3-10(2)16(20)17-12-7-8-13-14(9-12)19-15(18-13)11-5-4-6-11/h7-11H,3-6H2,1-2H3,(H,17,20)(H,18,19). The number of carbonyl (C=O) groups excluding carboxylic acids is 1. The summed E-state index contributed by atoms with van der Waals surface area (Å²) in [6.45, 7) is 3.96. The van der Waals surface area contributed by atoms with Crippen molar-refractivity contribution in [2.45, 2.75) is 45.4 Å². The van der Waals surface area contributed by atoms with E-state index in [1.807, 2.05) is 32.0 Å². The molecule has 0 spiro atoms. The van der Waals surface area contributed by atoms with E-state index >= 15 is 0 Å². The highest BCUT2D eigenvalue weighted by molar-refractivity contribution is 5.94. The van der Waals surface area contributed by atoms with E-state index in [0.717, 1.165) is 29.0 Å². The van der Waals surface area contributed by atoms with Crippen molar-refractivity contribution in [2.24, 2.45) is 5.92 Å². The smallest absolute Gasteiger partial charge is 0.227 e. The lowest BCUT2D eigenvalue weighted by Crippen LogP contribution is -2.19. The van der Waals surface area contributed by atoms with E-state index in [0.29, 0.717) is 5.92 Å². The van der Waals surface area contributed by atoms with Gasteiger partial charge in [-0.05, 0) is 37.5 Å². The molecule has 2 N–H and O–H groups in total. The number of benzene rings is 1. The predicted octanol–water partition coefficient (Wildman–Crippen LogP) is 3.82. The van der Waals surface area contributed by atoms with Crippen molar-refractivity contribution in [3.63, 3.8) is 0 Å². The normalized spacial score (nSPS) is 16.9. The number of rotatable bonds is 4. The number of hydrogen-bond donors (Lipinski definition) is 2. The molecule has 1 saturated carbocycles. The monoisotopic (exact) mass is 271 g/mol. The lowest BCUT2D eigenvalue weighted by molar-refractivity contribution is -0.119.